The summed E-state index contributed by atoms with van der Waals surface area (Å²) in [5.41, 5.74) is 0.204. The second-order valence-electron chi connectivity index (χ2n) is 2.67. The fourth-order valence-electron chi connectivity index (χ4n) is 1.04. The topological polar surface area (TPSA) is 26.3 Å². The Morgan fingerprint density at radius 2 is 2.13 bits per heavy atom. The van der Waals surface area contributed by atoms with Crippen LogP contribution >= 0.6 is 34.2 Å². The highest BCUT2D eigenvalue weighted by molar-refractivity contribution is 14.1. The van der Waals surface area contributed by atoms with Crippen LogP contribution in [0.3, 0.4) is 0 Å². The standard InChI is InChI=1S/C9H6ClF2IO2/c1-4(14)7-5(13)2-3-6(8(7)10)15-9(11)12/h2-3,9H,1H3. The first-order valence-electron chi connectivity index (χ1n) is 3.87. The van der Waals surface area contributed by atoms with Crippen LogP contribution in [0.1, 0.15) is 17.3 Å². The monoisotopic (exact) mass is 346 g/mol. The third kappa shape index (κ3) is 3.01. The molecule has 0 spiro atoms. The second-order valence-corrected chi connectivity index (χ2v) is 4.21. The first-order valence-corrected chi connectivity index (χ1v) is 5.33. The van der Waals surface area contributed by atoms with Gasteiger partial charge in [-0.3, -0.25) is 4.79 Å². The molecule has 0 radical (unpaired) electrons. The molecule has 0 N–H and O–H groups in total. The minimum Gasteiger partial charge on any atom is -0.433 e. The molecule has 0 aromatic heterocycles. The largest absolute Gasteiger partial charge is 0.433 e. The minimum absolute atomic E-state index is 0.0744. The van der Waals surface area contributed by atoms with E-state index in [2.05, 4.69) is 4.74 Å². The van der Waals surface area contributed by atoms with Crippen LogP contribution < -0.4 is 4.74 Å². The summed E-state index contributed by atoms with van der Waals surface area (Å²) >= 11 is 7.67. The molecule has 15 heavy (non-hydrogen) atoms. The molecule has 82 valence electrons. The lowest BCUT2D eigenvalue weighted by molar-refractivity contribution is -0.0498. The van der Waals surface area contributed by atoms with Crippen molar-refractivity contribution in [2.45, 2.75) is 13.5 Å². The number of alkyl halides is 2. The third-order valence-electron chi connectivity index (χ3n) is 1.62. The van der Waals surface area contributed by atoms with Crippen molar-refractivity contribution in [1.82, 2.24) is 0 Å². The fraction of sp³-hybridized carbons (Fsp3) is 0.222. The SMILES string of the molecule is CC(=O)c1c(I)ccc(OC(F)F)c1Cl. The first kappa shape index (κ1) is 12.6. The van der Waals surface area contributed by atoms with Gasteiger partial charge in [-0.25, -0.2) is 0 Å². The highest BCUT2D eigenvalue weighted by Crippen LogP contribution is 2.32. The van der Waals surface area contributed by atoms with Gasteiger partial charge in [0.1, 0.15) is 5.75 Å². The van der Waals surface area contributed by atoms with E-state index >= 15 is 0 Å². The van der Waals surface area contributed by atoms with Crippen molar-refractivity contribution in [3.05, 3.63) is 26.3 Å². The van der Waals surface area contributed by atoms with Gasteiger partial charge < -0.3 is 4.74 Å². The first-order chi connectivity index (χ1) is 6.93. The lowest BCUT2D eigenvalue weighted by Gasteiger charge is -2.10. The zero-order valence-electron chi connectivity index (χ0n) is 7.56. The van der Waals surface area contributed by atoms with Gasteiger partial charge in [-0.1, -0.05) is 11.6 Å². The maximum atomic E-state index is 12.0. The van der Waals surface area contributed by atoms with E-state index < -0.39 is 6.61 Å². The zero-order valence-corrected chi connectivity index (χ0v) is 10.5. The Labute approximate surface area is 104 Å². The molecule has 2 nitrogen and oxygen atoms in total. The zero-order chi connectivity index (χ0) is 11.6. The molecular formula is C9H6ClF2IO2. The summed E-state index contributed by atoms with van der Waals surface area (Å²) in [6.07, 6.45) is 0. The molecule has 0 amide bonds. The van der Waals surface area contributed by atoms with Crippen LogP contribution in [0, 0.1) is 3.57 Å². The lowest BCUT2D eigenvalue weighted by Crippen LogP contribution is -2.05. The van der Waals surface area contributed by atoms with E-state index in [0.717, 1.165) is 0 Å². The molecular weight excluding hydrogens is 340 g/mol. The van der Waals surface area contributed by atoms with Gasteiger partial charge in [-0.2, -0.15) is 8.78 Å². The number of hydrogen-bond donors (Lipinski definition) is 0. The maximum Gasteiger partial charge on any atom is 0.387 e. The fourth-order valence-corrected chi connectivity index (χ4v) is 2.37. The van der Waals surface area contributed by atoms with Gasteiger partial charge in [0, 0.05) is 3.57 Å². The summed E-state index contributed by atoms with van der Waals surface area (Å²) in [7, 11) is 0. The van der Waals surface area contributed by atoms with E-state index in [9.17, 15) is 13.6 Å². The predicted molar refractivity (Wildman–Crippen MR) is 60.8 cm³/mol. The molecule has 0 aliphatic heterocycles. The Morgan fingerprint density at radius 1 is 1.53 bits per heavy atom. The van der Waals surface area contributed by atoms with Gasteiger partial charge >= 0.3 is 6.61 Å². The minimum atomic E-state index is -2.96. The van der Waals surface area contributed by atoms with Crippen molar-refractivity contribution in [2.24, 2.45) is 0 Å². The average Bonchev–Trinajstić information content (AvgIpc) is 2.09. The molecule has 0 aliphatic carbocycles. The van der Waals surface area contributed by atoms with Crippen LogP contribution in [0.15, 0.2) is 12.1 Å². The summed E-state index contributed by atoms with van der Waals surface area (Å²) in [6.45, 7) is -1.64. The quantitative estimate of drug-likeness (QED) is 0.615. The predicted octanol–water partition coefficient (Wildman–Crippen LogP) is 3.75. The smallest absolute Gasteiger partial charge is 0.387 e. The van der Waals surface area contributed by atoms with E-state index in [-0.39, 0.29) is 22.1 Å². The highest BCUT2D eigenvalue weighted by atomic mass is 127. The van der Waals surface area contributed by atoms with E-state index in [4.69, 9.17) is 11.6 Å². The molecule has 0 saturated heterocycles. The van der Waals surface area contributed by atoms with Crippen LogP contribution in [0.2, 0.25) is 5.02 Å². The van der Waals surface area contributed by atoms with E-state index in [1.807, 2.05) is 22.6 Å². The molecule has 0 fully saturated rings. The van der Waals surface area contributed by atoms with Crippen LogP contribution in [0.4, 0.5) is 8.78 Å². The van der Waals surface area contributed by atoms with E-state index in [1.165, 1.54) is 19.1 Å². The number of Topliss-reactive ketones (excluding diaryl/α,β-unsaturated/α-hetero) is 1. The van der Waals surface area contributed by atoms with Gasteiger partial charge in [0.2, 0.25) is 0 Å². The molecule has 6 heteroatoms. The molecule has 0 unspecified atom stereocenters. The molecule has 0 bridgehead atoms. The molecule has 0 heterocycles. The Morgan fingerprint density at radius 3 is 2.60 bits per heavy atom. The van der Waals surface area contributed by atoms with Crippen molar-refractivity contribution < 1.29 is 18.3 Å². The number of rotatable bonds is 3. The van der Waals surface area contributed by atoms with Gasteiger partial charge in [0.05, 0.1) is 10.6 Å². The van der Waals surface area contributed by atoms with Crippen molar-refractivity contribution in [1.29, 1.82) is 0 Å². The Bertz CT molecular complexity index is 396. The normalized spacial score (nSPS) is 10.5. The summed E-state index contributed by atoms with van der Waals surface area (Å²) in [6, 6.07) is 2.81. The van der Waals surface area contributed by atoms with Crippen LogP contribution in [-0.4, -0.2) is 12.4 Å². The summed E-state index contributed by atoms with van der Waals surface area (Å²) in [5.74, 6) is -0.471. The van der Waals surface area contributed by atoms with Crippen molar-refractivity contribution >= 4 is 40.0 Å². The molecule has 0 atom stereocenters. The van der Waals surface area contributed by atoms with Crippen molar-refractivity contribution in [3.8, 4) is 5.75 Å². The van der Waals surface area contributed by atoms with Gasteiger partial charge in [-0.05, 0) is 41.6 Å². The van der Waals surface area contributed by atoms with Gasteiger partial charge in [-0.15, -0.1) is 0 Å². The Hall–Kier alpha value is -0.430. The van der Waals surface area contributed by atoms with E-state index in [0.29, 0.717) is 3.57 Å². The number of halogens is 4. The van der Waals surface area contributed by atoms with Gasteiger partial charge in [0.25, 0.3) is 0 Å². The Balaban J connectivity index is 3.22. The van der Waals surface area contributed by atoms with Gasteiger partial charge in [0.15, 0.2) is 5.78 Å². The highest BCUT2D eigenvalue weighted by Gasteiger charge is 2.17. The molecule has 0 aliphatic rings. The molecule has 1 aromatic rings. The average molecular weight is 346 g/mol. The van der Waals surface area contributed by atoms with Crippen LogP contribution in [0.25, 0.3) is 0 Å². The number of carbonyl (C=O) groups is 1. The number of benzene rings is 1. The maximum absolute atomic E-state index is 12.0. The Kier molecular flexibility index (Phi) is 4.27. The summed E-state index contributed by atoms with van der Waals surface area (Å²) < 4.78 is 28.7. The van der Waals surface area contributed by atoms with Crippen LogP contribution in [0.5, 0.6) is 5.75 Å². The second kappa shape index (κ2) is 5.07. The summed E-state index contributed by atoms with van der Waals surface area (Å²) in [4.78, 5) is 11.2. The number of hydrogen-bond acceptors (Lipinski definition) is 2. The third-order valence-corrected chi connectivity index (χ3v) is 2.90. The number of carbonyl (C=O) groups excluding carboxylic acids is 1. The molecule has 1 rings (SSSR count). The molecule has 0 saturated carbocycles. The van der Waals surface area contributed by atoms with Crippen molar-refractivity contribution in [3.63, 3.8) is 0 Å². The van der Waals surface area contributed by atoms with Crippen LogP contribution in [-0.2, 0) is 0 Å². The van der Waals surface area contributed by atoms with Crippen molar-refractivity contribution in [2.75, 3.05) is 0 Å². The number of ether oxygens (including phenoxy) is 1. The van der Waals surface area contributed by atoms with E-state index in [1.54, 1.807) is 0 Å². The number of ketones is 1. The lowest BCUT2D eigenvalue weighted by atomic mass is 10.1. The molecule has 1 aromatic carbocycles. The summed E-state index contributed by atoms with van der Waals surface area (Å²) in [5, 5.41) is -0.0744.